The molecule has 1 aliphatic rings. The molecule has 0 aromatic rings. The summed E-state index contributed by atoms with van der Waals surface area (Å²) < 4.78 is 31.9. The van der Waals surface area contributed by atoms with Crippen LogP contribution in [0.1, 0.15) is 39.5 Å². The summed E-state index contributed by atoms with van der Waals surface area (Å²) >= 11 is 0. The zero-order chi connectivity index (χ0) is 15.2. The van der Waals surface area contributed by atoms with Crippen molar-refractivity contribution in [2.24, 2.45) is 11.8 Å². The lowest BCUT2D eigenvalue weighted by Gasteiger charge is -2.27. The Morgan fingerprint density at radius 1 is 1.35 bits per heavy atom. The molecule has 0 bridgehead atoms. The third kappa shape index (κ3) is 6.19. The lowest BCUT2D eigenvalue weighted by molar-refractivity contribution is -0.142. The number of aliphatic carboxylic acids is 1. The highest BCUT2D eigenvalue weighted by atomic mass is 32.2. The molecule has 1 saturated carbocycles. The van der Waals surface area contributed by atoms with Gasteiger partial charge in [-0.2, -0.15) is 0 Å². The Morgan fingerprint density at radius 3 is 2.45 bits per heavy atom. The maximum Gasteiger partial charge on any atom is 0.306 e. The van der Waals surface area contributed by atoms with Gasteiger partial charge in [-0.3, -0.25) is 4.79 Å². The first-order valence-corrected chi connectivity index (χ1v) is 8.79. The van der Waals surface area contributed by atoms with Gasteiger partial charge in [-0.15, -0.1) is 0 Å². The summed E-state index contributed by atoms with van der Waals surface area (Å²) in [5.41, 5.74) is 0. The summed E-state index contributed by atoms with van der Waals surface area (Å²) in [4.78, 5) is 10.8. The lowest BCUT2D eigenvalue weighted by atomic mass is 9.87. The van der Waals surface area contributed by atoms with E-state index in [1.54, 1.807) is 0 Å². The van der Waals surface area contributed by atoms with Crippen molar-refractivity contribution >= 4 is 16.0 Å². The van der Waals surface area contributed by atoms with E-state index in [2.05, 4.69) is 4.72 Å². The molecule has 0 aromatic carbocycles. The van der Waals surface area contributed by atoms with E-state index >= 15 is 0 Å². The van der Waals surface area contributed by atoms with Gasteiger partial charge in [0.1, 0.15) is 0 Å². The van der Waals surface area contributed by atoms with Gasteiger partial charge in [0, 0.05) is 12.6 Å². The maximum atomic E-state index is 12.0. The van der Waals surface area contributed by atoms with Crippen LogP contribution < -0.4 is 4.72 Å². The van der Waals surface area contributed by atoms with Crippen molar-refractivity contribution in [2.75, 3.05) is 19.0 Å². The third-order valence-corrected chi connectivity index (χ3v) is 5.23. The van der Waals surface area contributed by atoms with Crippen molar-refractivity contribution in [3.63, 3.8) is 0 Å². The van der Waals surface area contributed by atoms with Crippen molar-refractivity contribution in [2.45, 2.75) is 45.6 Å². The molecule has 1 rings (SSSR count). The summed E-state index contributed by atoms with van der Waals surface area (Å²) in [7, 11) is -3.33. The molecule has 0 saturated heterocycles. The van der Waals surface area contributed by atoms with E-state index in [-0.39, 0.29) is 23.6 Å². The zero-order valence-corrected chi connectivity index (χ0v) is 13.0. The van der Waals surface area contributed by atoms with Crippen LogP contribution in [0.15, 0.2) is 0 Å². The van der Waals surface area contributed by atoms with Gasteiger partial charge in [0.2, 0.25) is 10.0 Å². The Morgan fingerprint density at radius 2 is 1.95 bits per heavy atom. The quantitative estimate of drug-likeness (QED) is 0.703. The third-order valence-electron chi connectivity index (χ3n) is 3.53. The molecule has 0 radical (unpaired) electrons. The minimum Gasteiger partial charge on any atom is -0.481 e. The molecule has 20 heavy (non-hydrogen) atoms. The minimum atomic E-state index is -3.33. The van der Waals surface area contributed by atoms with Gasteiger partial charge in [0.15, 0.2) is 0 Å². The van der Waals surface area contributed by atoms with Crippen LogP contribution in [0.25, 0.3) is 0 Å². The van der Waals surface area contributed by atoms with Crippen LogP contribution in [0.5, 0.6) is 0 Å². The minimum absolute atomic E-state index is 0.0475. The molecule has 1 unspecified atom stereocenters. The molecule has 0 amide bonds. The number of ether oxygens (including phenoxy) is 1. The van der Waals surface area contributed by atoms with E-state index in [1.165, 1.54) is 0 Å². The summed E-state index contributed by atoms with van der Waals surface area (Å²) in [5.74, 6) is -1.11. The van der Waals surface area contributed by atoms with Crippen LogP contribution in [0.4, 0.5) is 0 Å². The number of hydrogen-bond acceptors (Lipinski definition) is 4. The number of hydrogen-bond donors (Lipinski definition) is 2. The van der Waals surface area contributed by atoms with E-state index in [4.69, 9.17) is 9.84 Å². The number of nitrogens with one attached hydrogen (secondary N) is 1. The first-order valence-electron chi connectivity index (χ1n) is 7.14. The van der Waals surface area contributed by atoms with Crippen LogP contribution >= 0.6 is 0 Å². The second-order valence-corrected chi connectivity index (χ2v) is 7.35. The molecule has 2 N–H and O–H groups in total. The molecule has 6 nitrogen and oxygen atoms in total. The molecular formula is C13H25NO5S. The first-order chi connectivity index (χ1) is 9.34. The Bertz CT molecular complexity index is 401. The predicted octanol–water partition coefficient (Wildman–Crippen LogP) is 1.22. The Labute approximate surface area is 120 Å². The molecule has 0 aliphatic heterocycles. The fraction of sp³-hybridized carbons (Fsp3) is 0.923. The smallest absolute Gasteiger partial charge is 0.306 e. The fourth-order valence-corrected chi connectivity index (χ4v) is 4.19. The van der Waals surface area contributed by atoms with Crippen LogP contribution in [-0.2, 0) is 19.6 Å². The molecule has 7 heteroatoms. The van der Waals surface area contributed by atoms with E-state index in [0.29, 0.717) is 38.9 Å². The molecule has 0 spiro atoms. The average Bonchev–Trinajstić information content (AvgIpc) is 2.35. The molecular weight excluding hydrogens is 282 g/mol. The Hall–Kier alpha value is -0.660. The number of carboxylic acids is 1. The SMILES string of the molecule is CCOCC(C)CS(=O)(=O)NC1CCC(C(=O)O)CC1. The highest BCUT2D eigenvalue weighted by molar-refractivity contribution is 7.89. The van der Waals surface area contributed by atoms with Crippen LogP contribution in [-0.4, -0.2) is 44.5 Å². The Balaban J connectivity index is 2.38. The second-order valence-electron chi connectivity index (χ2n) is 5.55. The molecule has 1 fully saturated rings. The summed E-state index contributed by atoms with van der Waals surface area (Å²) in [6, 6.07) is -0.130. The van der Waals surface area contributed by atoms with Gasteiger partial charge in [-0.1, -0.05) is 6.92 Å². The van der Waals surface area contributed by atoms with E-state index in [9.17, 15) is 13.2 Å². The topological polar surface area (TPSA) is 92.7 Å². The van der Waals surface area contributed by atoms with Crippen LogP contribution in [0.2, 0.25) is 0 Å². The average molecular weight is 307 g/mol. The van der Waals surface area contributed by atoms with Gasteiger partial charge in [-0.05, 0) is 38.5 Å². The van der Waals surface area contributed by atoms with Crippen LogP contribution in [0.3, 0.4) is 0 Å². The summed E-state index contributed by atoms with van der Waals surface area (Å²) in [6.07, 6.45) is 2.26. The molecule has 0 aromatic heterocycles. The zero-order valence-electron chi connectivity index (χ0n) is 12.2. The van der Waals surface area contributed by atoms with Gasteiger partial charge in [-0.25, -0.2) is 13.1 Å². The van der Waals surface area contributed by atoms with Crippen molar-refractivity contribution in [1.29, 1.82) is 0 Å². The van der Waals surface area contributed by atoms with Gasteiger partial charge < -0.3 is 9.84 Å². The summed E-state index contributed by atoms with van der Waals surface area (Å²) in [5, 5.41) is 8.91. The summed E-state index contributed by atoms with van der Waals surface area (Å²) in [6.45, 7) is 4.73. The first kappa shape index (κ1) is 17.4. The second kappa shape index (κ2) is 7.95. The number of carbonyl (C=O) groups is 1. The van der Waals surface area contributed by atoms with E-state index in [0.717, 1.165) is 0 Å². The van der Waals surface area contributed by atoms with Gasteiger partial charge in [0.25, 0.3) is 0 Å². The Kier molecular flexibility index (Phi) is 6.91. The van der Waals surface area contributed by atoms with Crippen molar-refractivity contribution in [1.82, 2.24) is 4.72 Å². The van der Waals surface area contributed by atoms with E-state index in [1.807, 2.05) is 13.8 Å². The number of carboxylic acid groups (broad SMARTS) is 1. The van der Waals surface area contributed by atoms with Crippen molar-refractivity contribution < 1.29 is 23.1 Å². The van der Waals surface area contributed by atoms with Gasteiger partial charge >= 0.3 is 5.97 Å². The van der Waals surface area contributed by atoms with E-state index < -0.39 is 16.0 Å². The monoisotopic (exact) mass is 307 g/mol. The maximum absolute atomic E-state index is 12.0. The standard InChI is InChI=1S/C13H25NO5S/c1-3-19-8-10(2)9-20(17,18)14-12-6-4-11(5-7-12)13(15)16/h10-12,14H,3-9H2,1-2H3,(H,15,16). The molecule has 1 atom stereocenters. The largest absolute Gasteiger partial charge is 0.481 e. The highest BCUT2D eigenvalue weighted by Crippen LogP contribution is 2.25. The van der Waals surface area contributed by atoms with Crippen LogP contribution in [0, 0.1) is 11.8 Å². The van der Waals surface area contributed by atoms with Crippen molar-refractivity contribution in [3.8, 4) is 0 Å². The van der Waals surface area contributed by atoms with Gasteiger partial charge in [0.05, 0.1) is 18.3 Å². The lowest BCUT2D eigenvalue weighted by Crippen LogP contribution is -2.41. The molecule has 0 heterocycles. The number of rotatable bonds is 8. The molecule has 118 valence electrons. The van der Waals surface area contributed by atoms with Crippen molar-refractivity contribution in [3.05, 3.63) is 0 Å². The fourth-order valence-electron chi connectivity index (χ4n) is 2.50. The normalized spacial score (nSPS) is 25.3. The highest BCUT2D eigenvalue weighted by Gasteiger charge is 2.28. The molecule has 1 aliphatic carbocycles. The number of sulfonamides is 1. The predicted molar refractivity (Wildman–Crippen MR) is 76.0 cm³/mol.